The van der Waals surface area contributed by atoms with E-state index in [-0.39, 0.29) is 17.3 Å². The van der Waals surface area contributed by atoms with Gasteiger partial charge in [-0.1, -0.05) is 37.8 Å². The van der Waals surface area contributed by atoms with Gasteiger partial charge in [0.05, 0.1) is 5.56 Å². The Morgan fingerprint density at radius 3 is 2.23 bits per heavy atom. The Morgan fingerprint density at radius 1 is 0.955 bits per heavy atom. The monoisotopic (exact) mass is 303 g/mol. The van der Waals surface area contributed by atoms with Crippen LogP contribution in [-0.4, -0.2) is 23.8 Å². The lowest BCUT2D eigenvalue weighted by Gasteiger charge is -2.15. The summed E-state index contributed by atoms with van der Waals surface area (Å²) in [4.78, 5) is 35.6. The minimum Gasteiger partial charge on any atom is -0.398 e. The number of imide groups is 1. The summed E-state index contributed by atoms with van der Waals surface area (Å²) in [6.07, 6.45) is 6.16. The zero-order chi connectivity index (χ0) is 15.9. The van der Waals surface area contributed by atoms with Gasteiger partial charge in [-0.05, 0) is 25.0 Å². The van der Waals surface area contributed by atoms with E-state index in [4.69, 9.17) is 5.73 Å². The molecule has 0 spiro atoms. The molecule has 0 atom stereocenters. The lowest BCUT2D eigenvalue weighted by Crippen LogP contribution is -2.46. The van der Waals surface area contributed by atoms with E-state index >= 15 is 0 Å². The Bertz CT molecular complexity index is 564. The topological polar surface area (TPSA) is 101 Å². The first kappa shape index (κ1) is 16.0. The molecule has 4 N–H and O–H groups in total. The molecule has 118 valence electrons. The number of amides is 3. The highest BCUT2D eigenvalue weighted by atomic mass is 16.2. The van der Waals surface area contributed by atoms with Gasteiger partial charge < -0.3 is 11.1 Å². The molecule has 1 aliphatic carbocycles. The summed E-state index contributed by atoms with van der Waals surface area (Å²) in [5, 5.41) is 4.77. The number of para-hydroxylation sites is 1. The molecule has 1 aromatic carbocycles. The number of rotatable bonds is 2. The fourth-order valence-corrected chi connectivity index (χ4v) is 2.61. The number of nitrogen functional groups attached to an aromatic ring is 1. The highest BCUT2D eigenvalue weighted by Gasteiger charge is 2.22. The Morgan fingerprint density at radius 2 is 1.59 bits per heavy atom. The highest BCUT2D eigenvalue weighted by molar-refractivity contribution is 6.38. The first-order valence-corrected chi connectivity index (χ1v) is 7.58. The number of anilines is 1. The summed E-state index contributed by atoms with van der Waals surface area (Å²) in [7, 11) is 0. The molecular formula is C16H21N3O3. The van der Waals surface area contributed by atoms with Gasteiger partial charge in [0.15, 0.2) is 0 Å². The van der Waals surface area contributed by atoms with Crippen LogP contribution >= 0.6 is 0 Å². The third-order valence-corrected chi connectivity index (χ3v) is 3.83. The Kier molecular flexibility index (Phi) is 5.52. The summed E-state index contributed by atoms with van der Waals surface area (Å²) in [6, 6.07) is 6.40. The van der Waals surface area contributed by atoms with Gasteiger partial charge in [0.2, 0.25) is 0 Å². The van der Waals surface area contributed by atoms with E-state index in [0.29, 0.717) is 0 Å². The van der Waals surface area contributed by atoms with Gasteiger partial charge in [-0.3, -0.25) is 19.7 Å². The zero-order valence-corrected chi connectivity index (χ0v) is 12.4. The molecule has 22 heavy (non-hydrogen) atoms. The molecule has 1 aromatic rings. The fraction of sp³-hybridized carbons (Fsp3) is 0.438. The van der Waals surface area contributed by atoms with E-state index in [1.165, 1.54) is 6.07 Å². The summed E-state index contributed by atoms with van der Waals surface area (Å²) in [5.41, 5.74) is 6.11. The minimum absolute atomic E-state index is 0.0117. The largest absolute Gasteiger partial charge is 0.398 e. The lowest BCUT2D eigenvalue weighted by molar-refractivity contribution is -0.139. The van der Waals surface area contributed by atoms with Crippen LogP contribution < -0.4 is 16.4 Å². The Labute approximate surface area is 129 Å². The number of benzene rings is 1. The van der Waals surface area contributed by atoms with Crippen LogP contribution in [0.25, 0.3) is 0 Å². The van der Waals surface area contributed by atoms with Crippen molar-refractivity contribution >= 4 is 23.4 Å². The zero-order valence-electron chi connectivity index (χ0n) is 12.4. The van der Waals surface area contributed by atoms with Gasteiger partial charge >= 0.3 is 11.8 Å². The molecule has 2 rings (SSSR count). The van der Waals surface area contributed by atoms with Crippen LogP contribution in [0.2, 0.25) is 0 Å². The van der Waals surface area contributed by atoms with Crippen LogP contribution in [0.3, 0.4) is 0 Å². The van der Waals surface area contributed by atoms with Crippen molar-refractivity contribution in [3.05, 3.63) is 29.8 Å². The highest BCUT2D eigenvalue weighted by Crippen LogP contribution is 2.17. The van der Waals surface area contributed by atoms with Crippen molar-refractivity contribution in [1.82, 2.24) is 10.6 Å². The van der Waals surface area contributed by atoms with Crippen molar-refractivity contribution in [2.24, 2.45) is 0 Å². The van der Waals surface area contributed by atoms with E-state index in [1.54, 1.807) is 18.2 Å². The third kappa shape index (κ3) is 4.31. The summed E-state index contributed by atoms with van der Waals surface area (Å²) < 4.78 is 0. The molecule has 0 unspecified atom stereocenters. The smallest absolute Gasteiger partial charge is 0.316 e. The molecule has 0 aromatic heterocycles. The summed E-state index contributed by atoms with van der Waals surface area (Å²) in [5.74, 6) is -2.38. The molecule has 1 fully saturated rings. The number of nitrogens with one attached hydrogen (secondary N) is 2. The molecule has 0 radical (unpaired) electrons. The van der Waals surface area contributed by atoms with Crippen molar-refractivity contribution in [1.29, 1.82) is 0 Å². The van der Waals surface area contributed by atoms with Crippen molar-refractivity contribution in [3.63, 3.8) is 0 Å². The standard InChI is InChI=1S/C16H21N3O3/c17-13-10-6-5-9-12(13)14(20)19-16(22)15(21)18-11-7-3-1-2-4-8-11/h5-6,9-11H,1-4,7-8,17H2,(H,18,21)(H,19,20,22). The molecule has 6 heteroatoms. The normalized spacial score (nSPS) is 15.6. The predicted octanol–water partition coefficient (Wildman–Crippen LogP) is 1.36. The maximum atomic E-state index is 11.9. The van der Waals surface area contributed by atoms with Gasteiger partial charge in [0, 0.05) is 11.7 Å². The average molecular weight is 303 g/mol. The first-order valence-electron chi connectivity index (χ1n) is 7.58. The maximum Gasteiger partial charge on any atom is 0.316 e. The molecule has 0 saturated heterocycles. The van der Waals surface area contributed by atoms with Crippen LogP contribution in [-0.2, 0) is 9.59 Å². The van der Waals surface area contributed by atoms with Crippen LogP contribution in [0.5, 0.6) is 0 Å². The van der Waals surface area contributed by atoms with Gasteiger partial charge in [-0.15, -0.1) is 0 Å². The molecule has 0 aliphatic heterocycles. The molecular weight excluding hydrogens is 282 g/mol. The van der Waals surface area contributed by atoms with Gasteiger partial charge in [0.25, 0.3) is 5.91 Å². The van der Waals surface area contributed by atoms with Crippen LogP contribution in [0.1, 0.15) is 48.9 Å². The maximum absolute atomic E-state index is 11.9. The van der Waals surface area contributed by atoms with E-state index in [9.17, 15) is 14.4 Å². The van der Waals surface area contributed by atoms with Crippen molar-refractivity contribution in [2.75, 3.05) is 5.73 Å². The average Bonchev–Trinajstić information content (AvgIpc) is 2.76. The van der Waals surface area contributed by atoms with E-state index in [1.807, 2.05) is 0 Å². The minimum atomic E-state index is -0.947. The number of hydrogen-bond donors (Lipinski definition) is 3. The second-order valence-corrected chi connectivity index (χ2v) is 5.53. The third-order valence-electron chi connectivity index (χ3n) is 3.83. The molecule has 0 bridgehead atoms. The number of hydrogen-bond acceptors (Lipinski definition) is 4. The van der Waals surface area contributed by atoms with Crippen LogP contribution in [0.4, 0.5) is 5.69 Å². The van der Waals surface area contributed by atoms with Crippen LogP contribution in [0.15, 0.2) is 24.3 Å². The van der Waals surface area contributed by atoms with Crippen molar-refractivity contribution in [2.45, 2.75) is 44.6 Å². The number of carbonyl (C=O) groups is 3. The number of carbonyl (C=O) groups excluding carboxylic acids is 3. The Hall–Kier alpha value is -2.37. The van der Waals surface area contributed by atoms with Crippen molar-refractivity contribution < 1.29 is 14.4 Å². The fourth-order valence-electron chi connectivity index (χ4n) is 2.61. The second-order valence-electron chi connectivity index (χ2n) is 5.53. The Balaban J connectivity index is 1.89. The SMILES string of the molecule is Nc1ccccc1C(=O)NC(=O)C(=O)NC1CCCCCC1. The van der Waals surface area contributed by atoms with Gasteiger partial charge in [-0.2, -0.15) is 0 Å². The molecule has 0 heterocycles. The first-order chi connectivity index (χ1) is 10.6. The van der Waals surface area contributed by atoms with Gasteiger partial charge in [-0.25, -0.2) is 0 Å². The van der Waals surface area contributed by atoms with E-state index in [2.05, 4.69) is 10.6 Å². The molecule has 6 nitrogen and oxygen atoms in total. The molecule has 1 saturated carbocycles. The predicted molar refractivity (Wildman–Crippen MR) is 83.0 cm³/mol. The molecule has 1 aliphatic rings. The van der Waals surface area contributed by atoms with E-state index < -0.39 is 17.7 Å². The van der Waals surface area contributed by atoms with Crippen LogP contribution in [0, 0.1) is 0 Å². The quantitative estimate of drug-likeness (QED) is 0.436. The van der Waals surface area contributed by atoms with Crippen molar-refractivity contribution in [3.8, 4) is 0 Å². The second kappa shape index (κ2) is 7.59. The number of nitrogens with two attached hydrogens (primary N) is 1. The van der Waals surface area contributed by atoms with Gasteiger partial charge in [0.1, 0.15) is 0 Å². The summed E-state index contributed by atoms with van der Waals surface area (Å²) >= 11 is 0. The lowest BCUT2D eigenvalue weighted by atomic mass is 10.1. The van der Waals surface area contributed by atoms with E-state index in [0.717, 1.165) is 38.5 Å². The molecule has 3 amide bonds. The summed E-state index contributed by atoms with van der Waals surface area (Å²) in [6.45, 7) is 0.